The average Bonchev–Trinajstić information content (AvgIpc) is 2.95. The Morgan fingerprint density at radius 2 is 2.25 bits per heavy atom. The minimum atomic E-state index is -0.402. The molecule has 6 heteroatoms. The maximum atomic E-state index is 11.3. The highest BCUT2D eigenvalue weighted by molar-refractivity contribution is 7.07. The van der Waals surface area contributed by atoms with Gasteiger partial charge >= 0.3 is 5.69 Å². The van der Waals surface area contributed by atoms with Gasteiger partial charge in [0.2, 0.25) is 0 Å². The van der Waals surface area contributed by atoms with Crippen LogP contribution in [0.4, 0.5) is 11.4 Å². The van der Waals surface area contributed by atoms with Crippen LogP contribution in [0.5, 0.6) is 5.75 Å². The van der Waals surface area contributed by atoms with Crippen LogP contribution >= 0.6 is 11.3 Å². The van der Waals surface area contributed by atoms with Crippen molar-refractivity contribution in [3.8, 4) is 5.75 Å². The SMILES string of the molecule is CCCOc1cccc(NCc2ccsc2)c1[N+](=O)[O-]. The minimum Gasteiger partial charge on any atom is -0.487 e. The fourth-order valence-corrected chi connectivity index (χ4v) is 2.44. The van der Waals surface area contributed by atoms with Gasteiger partial charge in [-0.15, -0.1) is 0 Å². The van der Waals surface area contributed by atoms with Crippen molar-refractivity contribution >= 4 is 22.7 Å². The zero-order valence-corrected chi connectivity index (χ0v) is 12.0. The summed E-state index contributed by atoms with van der Waals surface area (Å²) in [4.78, 5) is 10.9. The van der Waals surface area contributed by atoms with Crippen molar-refractivity contribution in [3.05, 3.63) is 50.7 Å². The van der Waals surface area contributed by atoms with Crippen molar-refractivity contribution in [1.29, 1.82) is 0 Å². The molecule has 1 aromatic carbocycles. The first-order chi connectivity index (χ1) is 9.72. The largest absolute Gasteiger partial charge is 0.487 e. The number of hydrogen-bond donors (Lipinski definition) is 1. The number of rotatable bonds is 7. The second kappa shape index (κ2) is 6.91. The molecule has 1 N–H and O–H groups in total. The van der Waals surface area contributed by atoms with E-state index in [2.05, 4.69) is 5.32 Å². The van der Waals surface area contributed by atoms with Crippen molar-refractivity contribution in [2.45, 2.75) is 19.9 Å². The Balaban J connectivity index is 2.20. The van der Waals surface area contributed by atoms with Gasteiger partial charge in [0.25, 0.3) is 0 Å². The summed E-state index contributed by atoms with van der Waals surface area (Å²) < 4.78 is 5.45. The number of benzene rings is 1. The molecule has 0 aliphatic carbocycles. The highest BCUT2D eigenvalue weighted by Gasteiger charge is 2.20. The molecule has 0 atom stereocenters. The molecule has 0 unspecified atom stereocenters. The first-order valence-electron chi connectivity index (χ1n) is 6.37. The fraction of sp³-hybridized carbons (Fsp3) is 0.286. The van der Waals surface area contributed by atoms with Gasteiger partial charge in [-0.25, -0.2) is 0 Å². The van der Waals surface area contributed by atoms with Gasteiger partial charge in [0.1, 0.15) is 5.69 Å². The lowest BCUT2D eigenvalue weighted by Gasteiger charge is -2.10. The van der Waals surface area contributed by atoms with E-state index in [1.54, 1.807) is 29.5 Å². The number of anilines is 1. The number of hydrogen-bond acceptors (Lipinski definition) is 5. The van der Waals surface area contributed by atoms with Crippen LogP contribution < -0.4 is 10.1 Å². The van der Waals surface area contributed by atoms with Crippen LogP contribution in [0.15, 0.2) is 35.0 Å². The van der Waals surface area contributed by atoms with Crippen LogP contribution in [-0.4, -0.2) is 11.5 Å². The van der Waals surface area contributed by atoms with Crippen molar-refractivity contribution < 1.29 is 9.66 Å². The summed E-state index contributed by atoms with van der Waals surface area (Å²) in [7, 11) is 0. The molecule has 0 radical (unpaired) electrons. The number of nitrogens with zero attached hydrogens (tertiary/aromatic N) is 1. The molecule has 0 aliphatic heterocycles. The lowest BCUT2D eigenvalue weighted by Crippen LogP contribution is -2.05. The van der Waals surface area contributed by atoms with Crippen molar-refractivity contribution in [3.63, 3.8) is 0 Å². The first-order valence-corrected chi connectivity index (χ1v) is 7.31. The molecule has 106 valence electrons. The van der Waals surface area contributed by atoms with Gasteiger partial charge in [-0.1, -0.05) is 13.0 Å². The smallest absolute Gasteiger partial charge is 0.333 e. The third-order valence-electron chi connectivity index (χ3n) is 2.71. The normalized spacial score (nSPS) is 10.2. The van der Waals surface area contributed by atoms with E-state index in [-0.39, 0.29) is 5.69 Å². The average molecular weight is 292 g/mol. The molecule has 0 saturated carbocycles. The van der Waals surface area contributed by atoms with Crippen LogP contribution in [0.25, 0.3) is 0 Å². The predicted octanol–water partition coefficient (Wildman–Crippen LogP) is 4.06. The minimum absolute atomic E-state index is 0.00354. The highest BCUT2D eigenvalue weighted by Crippen LogP contribution is 2.35. The molecule has 20 heavy (non-hydrogen) atoms. The van der Waals surface area contributed by atoms with Crippen LogP contribution in [0.1, 0.15) is 18.9 Å². The summed E-state index contributed by atoms with van der Waals surface area (Å²) in [6.07, 6.45) is 0.809. The fourth-order valence-electron chi connectivity index (χ4n) is 1.77. The maximum Gasteiger partial charge on any atom is 0.333 e. The quantitative estimate of drug-likeness (QED) is 0.617. The Labute approximate surface area is 121 Å². The van der Waals surface area contributed by atoms with E-state index < -0.39 is 4.92 Å². The summed E-state index contributed by atoms with van der Waals surface area (Å²) in [6, 6.07) is 7.07. The van der Waals surface area contributed by atoms with Gasteiger partial charge < -0.3 is 10.1 Å². The van der Waals surface area contributed by atoms with E-state index in [0.29, 0.717) is 24.6 Å². The lowest BCUT2D eigenvalue weighted by atomic mass is 10.2. The molecule has 5 nitrogen and oxygen atoms in total. The molecule has 2 aromatic rings. The van der Waals surface area contributed by atoms with Gasteiger partial charge in [0.15, 0.2) is 5.75 Å². The van der Waals surface area contributed by atoms with Gasteiger partial charge in [-0.2, -0.15) is 11.3 Å². The maximum absolute atomic E-state index is 11.3. The van der Waals surface area contributed by atoms with E-state index in [1.807, 2.05) is 23.8 Å². The van der Waals surface area contributed by atoms with Crippen LogP contribution in [0, 0.1) is 10.1 Å². The van der Waals surface area contributed by atoms with Gasteiger partial charge in [0.05, 0.1) is 11.5 Å². The number of para-hydroxylation sites is 1. The molecule has 0 aliphatic rings. The summed E-state index contributed by atoms with van der Waals surface area (Å²) >= 11 is 1.60. The van der Waals surface area contributed by atoms with Crippen LogP contribution in [0.3, 0.4) is 0 Å². The summed E-state index contributed by atoms with van der Waals surface area (Å²) in [5.41, 5.74) is 1.58. The Kier molecular flexibility index (Phi) is 4.95. The number of ether oxygens (including phenoxy) is 1. The third-order valence-corrected chi connectivity index (χ3v) is 3.44. The van der Waals surface area contributed by atoms with E-state index in [1.165, 1.54) is 0 Å². The molecule has 0 amide bonds. The van der Waals surface area contributed by atoms with Gasteiger partial charge in [-0.05, 0) is 40.9 Å². The zero-order chi connectivity index (χ0) is 14.4. The predicted molar refractivity (Wildman–Crippen MR) is 80.5 cm³/mol. The first kappa shape index (κ1) is 14.3. The number of nitrogens with one attached hydrogen (secondary N) is 1. The summed E-state index contributed by atoms with van der Waals surface area (Å²) in [5, 5.41) is 18.3. The number of thiophene rings is 1. The number of nitro benzene ring substituents is 1. The molecule has 2 rings (SSSR count). The number of nitro groups is 1. The zero-order valence-electron chi connectivity index (χ0n) is 11.2. The standard InChI is InChI=1S/C14H16N2O3S/c1-2-7-19-13-5-3-4-12(14(13)16(17)18)15-9-11-6-8-20-10-11/h3-6,8,10,15H,2,7,9H2,1H3. The molecule has 0 bridgehead atoms. The Morgan fingerprint density at radius 3 is 2.90 bits per heavy atom. The van der Waals surface area contributed by atoms with Crippen molar-refractivity contribution in [2.24, 2.45) is 0 Å². The van der Waals surface area contributed by atoms with Crippen molar-refractivity contribution in [1.82, 2.24) is 0 Å². The van der Waals surface area contributed by atoms with E-state index in [0.717, 1.165) is 12.0 Å². The topological polar surface area (TPSA) is 64.4 Å². The second-order valence-corrected chi connectivity index (χ2v) is 5.02. The van der Waals surface area contributed by atoms with Crippen LogP contribution in [0.2, 0.25) is 0 Å². The van der Waals surface area contributed by atoms with E-state index in [9.17, 15) is 10.1 Å². The van der Waals surface area contributed by atoms with Gasteiger partial charge in [-0.3, -0.25) is 10.1 Å². The second-order valence-electron chi connectivity index (χ2n) is 4.24. The third kappa shape index (κ3) is 3.48. The van der Waals surface area contributed by atoms with E-state index in [4.69, 9.17) is 4.74 Å². The molecule has 0 saturated heterocycles. The van der Waals surface area contributed by atoms with Crippen LogP contribution in [-0.2, 0) is 6.54 Å². The summed E-state index contributed by atoms with van der Waals surface area (Å²) in [6.45, 7) is 2.99. The van der Waals surface area contributed by atoms with E-state index >= 15 is 0 Å². The monoisotopic (exact) mass is 292 g/mol. The van der Waals surface area contributed by atoms with Crippen molar-refractivity contribution in [2.75, 3.05) is 11.9 Å². The van der Waals surface area contributed by atoms with Gasteiger partial charge in [0, 0.05) is 6.54 Å². The molecular formula is C14H16N2O3S. The molecule has 1 heterocycles. The Hall–Kier alpha value is -2.08. The Morgan fingerprint density at radius 1 is 1.40 bits per heavy atom. The summed E-state index contributed by atoms with van der Waals surface area (Å²) in [5.74, 6) is 0.312. The molecule has 1 aromatic heterocycles. The molecular weight excluding hydrogens is 276 g/mol. The molecule has 0 spiro atoms. The highest BCUT2D eigenvalue weighted by atomic mass is 32.1. The lowest BCUT2D eigenvalue weighted by molar-refractivity contribution is -0.385. The Bertz CT molecular complexity index is 570. The molecule has 0 fully saturated rings.